The smallest absolute Gasteiger partial charge is 0.408 e. The standard InChI is InChI=1S/C29H36N4O3/c30-26(31)24-8-4-7-20(14-24)15-25(27(34)32-10-9-19-5-2-1-3-6-19)33-28(35)36-29-16-21-11-22(17-29)13-23(12-21)18-29/h1-8,14,21-23,25H,9-13,15-18H2,(H3,30,31)(H,32,34)(H,33,35)/t21?,22?,23?,25-,29?/m1/s1. The first-order valence-corrected chi connectivity index (χ1v) is 13.1. The van der Waals surface area contributed by atoms with Gasteiger partial charge < -0.3 is 21.1 Å². The van der Waals surface area contributed by atoms with Gasteiger partial charge in [-0.05, 0) is 79.9 Å². The Morgan fingerprint density at radius 3 is 2.25 bits per heavy atom. The molecule has 5 N–H and O–H groups in total. The fourth-order valence-corrected chi connectivity index (χ4v) is 6.93. The van der Waals surface area contributed by atoms with E-state index in [0.29, 0.717) is 36.3 Å². The van der Waals surface area contributed by atoms with Gasteiger partial charge >= 0.3 is 6.09 Å². The van der Waals surface area contributed by atoms with Gasteiger partial charge in [0.1, 0.15) is 17.5 Å². The lowest BCUT2D eigenvalue weighted by Crippen LogP contribution is -2.55. The summed E-state index contributed by atoms with van der Waals surface area (Å²) in [6.07, 6.45) is 7.12. The van der Waals surface area contributed by atoms with Crippen molar-refractivity contribution in [1.82, 2.24) is 10.6 Å². The molecule has 0 aromatic heterocycles. The summed E-state index contributed by atoms with van der Waals surface area (Å²) in [7, 11) is 0. The van der Waals surface area contributed by atoms with Crippen molar-refractivity contribution in [2.45, 2.75) is 63.0 Å². The molecule has 4 saturated carbocycles. The van der Waals surface area contributed by atoms with Gasteiger partial charge in [0.25, 0.3) is 0 Å². The molecule has 36 heavy (non-hydrogen) atoms. The number of nitrogens with one attached hydrogen (secondary N) is 3. The molecule has 4 aliphatic carbocycles. The molecule has 6 rings (SSSR count). The Balaban J connectivity index is 1.25. The van der Waals surface area contributed by atoms with Crippen LogP contribution in [0, 0.1) is 23.2 Å². The van der Waals surface area contributed by atoms with Crippen molar-refractivity contribution >= 4 is 17.8 Å². The van der Waals surface area contributed by atoms with Gasteiger partial charge in [0.05, 0.1) is 0 Å². The van der Waals surface area contributed by atoms with Crippen LogP contribution in [0.15, 0.2) is 54.6 Å². The van der Waals surface area contributed by atoms with Crippen LogP contribution in [0.4, 0.5) is 4.79 Å². The third-order valence-electron chi connectivity index (χ3n) is 8.13. The minimum absolute atomic E-state index is 0.0325. The average Bonchev–Trinajstić information content (AvgIpc) is 2.83. The quantitative estimate of drug-likeness (QED) is 0.316. The topological polar surface area (TPSA) is 117 Å². The molecule has 0 heterocycles. The van der Waals surface area contributed by atoms with E-state index in [1.54, 1.807) is 12.1 Å². The third-order valence-corrected chi connectivity index (χ3v) is 8.13. The molecule has 4 bridgehead atoms. The number of carbonyl (C=O) groups is 2. The van der Waals surface area contributed by atoms with Crippen molar-refractivity contribution in [2.24, 2.45) is 23.5 Å². The molecule has 7 heteroatoms. The zero-order chi connectivity index (χ0) is 25.1. The highest BCUT2D eigenvalue weighted by molar-refractivity contribution is 5.95. The number of alkyl carbamates (subject to hydrolysis) is 1. The molecule has 7 nitrogen and oxygen atoms in total. The summed E-state index contributed by atoms with van der Waals surface area (Å²) in [5.74, 6) is 1.71. The maximum Gasteiger partial charge on any atom is 0.408 e. The Bertz CT molecular complexity index is 1080. The van der Waals surface area contributed by atoms with Gasteiger partial charge in [-0.25, -0.2) is 4.79 Å². The highest BCUT2D eigenvalue weighted by atomic mass is 16.6. The maximum atomic E-state index is 13.2. The van der Waals surface area contributed by atoms with E-state index in [1.165, 1.54) is 19.3 Å². The highest BCUT2D eigenvalue weighted by Crippen LogP contribution is 2.57. The normalized spacial score (nSPS) is 26.7. The minimum Gasteiger partial charge on any atom is -0.443 e. The molecule has 4 aliphatic rings. The van der Waals surface area contributed by atoms with Gasteiger partial charge in [0.15, 0.2) is 0 Å². The predicted octanol–water partition coefficient (Wildman–Crippen LogP) is 3.94. The fraction of sp³-hybridized carbons (Fsp3) is 0.483. The van der Waals surface area contributed by atoms with Gasteiger partial charge in [-0.1, -0.05) is 48.5 Å². The summed E-state index contributed by atoms with van der Waals surface area (Å²) in [5, 5.41) is 13.6. The van der Waals surface area contributed by atoms with Crippen molar-refractivity contribution in [3.05, 3.63) is 71.3 Å². The van der Waals surface area contributed by atoms with Crippen LogP contribution in [-0.4, -0.2) is 36.0 Å². The second-order valence-corrected chi connectivity index (χ2v) is 11.0. The highest BCUT2D eigenvalue weighted by Gasteiger charge is 2.53. The second-order valence-electron chi connectivity index (χ2n) is 11.0. The SMILES string of the molecule is N=C(N)c1cccc(C[C@@H](NC(=O)OC23CC4CC(CC(C4)C2)C3)C(=O)NCCc2ccccc2)c1. The minimum atomic E-state index is -0.788. The van der Waals surface area contributed by atoms with Crippen molar-refractivity contribution < 1.29 is 14.3 Å². The summed E-state index contributed by atoms with van der Waals surface area (Å²) in [5.41, 5.74) is 7.83. The summed E-state index contributed by atoms with van der Waals surface area (Å²) in [4.78, 5) is 26.3. The lowest BCUT2D eigenvalue weighted by molar-refractivity contribution is -0.131. The number of nitrogen functional groups attached to an aromatic ring is 1. The van der Waals surface area contributed by atoms with Crippen LogP contribution in [0.5, 0.6) is 0 Å². The largest absolute Gasteiger partial charge is 0.443 e. The van der Waals surface area contributed by atoms with Crippen LogP contribution >= 0.6 is 0 Å². The molecule has 2 amide bonds. The number of ether oxygens (including phenoxy) is 1. The molecule has 0 unspecified atom stereocenters. The number of amides is 2. The Labute approximate surface area is 212 Å². The molecule has 0 spiro atoms. The Hall–Kier alpha value is -3.35. The van der Waals surface area contributed by atoms with Gasteiger partial charge in [0.2, 0.25) is 5.91 Å². The van der Waals surface area contributed by atoms with E-state index < -0.39 is 12.1 Å². The lowest BCUT2D eigenvalue weighted by Gasteiger charge is -2.55. The lowest BCUT2D eigenvalue weighted by atomic mass is 9.54. The van der Waals surface area contributed by atoms with Crippen LogP contribution < -0.4 is 16.4 Å². The number of hydrogen-bond donors (Lipinski definition) is 4. The maximum absolute atomic E-state index is 13.2. The summed E-state index contributed by atoms with van der Waals surface area (Å²) in [6.45, 7) is 0.471. The second kappa shape index (κ2) is 10.3. The zero-order valence-electron chi connectivity index (χ0n) is 20.7. The van der Waals surface area contributed by atoms with E-state index in [2.05, 4.69) is 10.6 Å². The predicted molar refractivity (Wildman–Crippen MR) is 139 cm³/mol. The van der Waals surface area contributed by atoms with Crippen LogP contribution in [-0.2, 0) is 22.4 Å². The molecule has 1 atom stereocenters. The van der Waals surface area contributed by atoms with E-state index in [9.17, 15) is 9.59 Å². The number of benzene rings is 2. The number of nitrogens with two attached hydrogens (primary N) is 1. The number of rotatable bonds is 9. The van der Waals surface area contributed by atoms with Crippen LogP contribution in [0.3, 0.4) is 0 Å². The van der Waals surface area contributed by atoms with E-state index >= 15 is 0 Å². The van der Waals surface area contributed by atoms with E-state index in [-0.39, 0.29) is 23.8 Å². The number of amidine groups is 1. The fourth-order valence-electron chi connectivity index (χ4n) is 6.93. The average molecular weight is 489 g/mol. The summed E-state index contributed by atoms with van der Waals surface area (Å²) in [6, 6.07) is 16.4. The summed E-state index contributed by atoms with van der Waals surface area (Å²) < 4.78 is 6.12. The first kappa shape index (κ1) is 24.3. The number of hydrogen-bond acceptors (Lipinski definition) is 4. The van der Waals surface area contributed by atoms with Crippen molar-refractivity contribution in [3.8, 4) is 0 Å². The Morgan fingerprint density at radius 2 is 1.61 bits per heavy atom. The Morgan fingerprint density at radius 1 is 0.972 bits per heavy atom. The van der Waals surface area contributed by atoms with Gasteiger partial charge in [-0.2, -0.15) is 0 Å². The van der Waals surface area contributed by atoms with E-state index in [1.807, 2.05) is 42.5 Å². The van der Waals surface area contributed by atoms with E-state index in [4.69, 9.17) is 15.9 Å². The van der Waals surface area contributed by atoms with Gasteiger partial charge in [0, 0.05) is 18.5 Å². The molecule has 0 saturated heterocycles. The molecule has 0 aliphatic heterocycles. The first-order chi connectivity index (χ1) is 17.4. The van der Waals surface area contributed by atoms with Crippen molar-refractivity contribution in [1.29, 1.82) is 5.41 Å². The molecular formula is C29H36N4O3. The molecule has 2 aromatic carbocycles. The molecule has 190 valence electrons. The van der Waals surface area contributed by atoms with Crippen LogP contribution in [0.2, 0.25) is 0 Å². The number of carbonyl (C=O) groups excluding carboxylic acids is 2. The van der Waals surface area contributed by atoms with Gasteiger partial charge in [-0.3, -0.25) is 10.2 Å². The van der Waals surface area contributed by atoms with Crippen LogP contribution in [0.25, 0.3) is 0 Å². The Kier molecular flexibility index (Phi) is 6.99. The van der Waals surface area contributed by atoms with Crippen LogP contribution in [0.1, 0.15) is 55.2 Å². The zero-order valence-corrected chi connectivity index (χ0v) is 20.7. The van der Waals surface area contributed by atoms with Crippen molar-refractivity contribution in [2.75, 3.05) is 6.54 Å². The monoisotopic (exact) mass is 488 g/mol. The van der Waals surface area contributed by atoms with Gasteiger partial charge in [-0.15, -0.1) is 0 Å². The molecule has 2 aromatic rings. The molecule has 4 fully saturated rings. The molecular weight excluding hydrogens is 452 g/mol. The summed E-state index contributed by atoms with van der Waals surface area (Å²) >= 11 is 0. The third kappa shape index (κ3) is 5.72. The first-order valence-electron chi connectivity index (χ1n) is 13.1. The van der Waals surface area contributed by atoms with E-state index in [0.717, 1.165) is 30.4 Å². The molecule has 0 radical (unpaired) electrons. The van der Waals surface area contributed by atoms with Crippen molar-refractivity contribution in [3.63, 3.8) is 0 Å².